The third-order valence-electron chi connectivity index (χ3n) is 5.62. The van der Waals surface area contributed by atoms with Gasteiger partial charge in [0.05, 0.1) is 14.2 Å². The zero-order valence-electron chi connectivity index (χ0n) is 18.9. The van der Waals surface area contributed by atoms with Gasteiger partial charge >= 0.3 is 0 Å². The van der Waals surface area contributed by atoms with Gasteiger partial charge in [-0.05, 0) is 56.2 Å². The number of hydrogen-bond donors (Lipinski definition) is 0. The quantitative estimate of drug-likeness (QED) is 0.483. The molecule has 0 saturated carbocycles. The van der Waals surface area contributed by atoms with Gasteiger partial charge in [0.1, 0.15) is 21.3 Å². The van der Waals surface area contributed by atoms with Gasteiger partial charge in [0, 0.05) is 34.6 Å². The van der Waals surface area contributed by atoms with Crippen LogP contribution in [0.4, 0.5) is 0 Å². The summed E-state index contributed by atoms with van der Waals surface area (Å²) in [5.74, 6) is 0.486. The molecule has 1 atom stereocenters. The van der Waals surface area contributed by atoms with Crippen molar-refractivity contribution in [3.05, 3.63) is 44.3 Å². The lowest BCUT2D eigenvalue weighted by molar-refractivity contribution is 0.212. The van der Waals surface area contributed by atoms with Gasteiger partial charge in [0.25, 0.3) is 0 Å². The number of methoxy groups -OCH3 is 2. The Labute approximate surface area is 212 Å². The maximum absolute atomic E-state index is 13.5. The Morgan fingerprint density at radius 3 is 1.70 bits per heavy atom. The fourth-order valence-corrected chi connectivity index (χ4v) is 8.19. The van der Waals surface area contributed by atoms with Crippen molar-refractivity contribution >= 4 is 51.9 Å². The van der Waals surface area contributed by atoms with Crippen molar-refractivity contribution in [1.82, 2.24) is 8.61 Å². The Kier molecular flexibility index (Phi) is 7.87. The number of hydrogen-bond acceptors (Lipinski definition) is 6. The van der Waals surface area contributed by atoms with Crippen LogP contribution < -0.4 is 9.47 Å². The molecule has 0 aliphatic carbocycles. The molecule has 12 heteroatoms. The van der Waals surface area contributed by atoms with Crippen LogP contribution in [0.25, 0.3) is 0 Å². The van der Waals surface area contributed by atoms with E-state index in [9.17, 15) is 16.8 Å². The van der Waals surface area contributed by atoms with E-state index in [-0.39, 0.29) is 40.9 Å². The molecule has 1 saturated heterocycles. The Morgan fingerprint density at radius 2 is 1.27 bits per heavy atom. The number of rotatable bonds is 6. The summed E-state index contributed by atoms with van der Waals surface area (Å²) in [4.78, 5) is 0.0740. The Bertz CT molecular complexity index is 1280. The topological polar surface area (TPSA) is 93.2 Å². The Hall–Kier alpha value is -1.18. The van der Waals surface area contributed by atoms with Gasteiger partial charge in [-0.15, -0.1) is 0 Å². The minimum Gasteiger partial charge on any atom is -0.495 e. The monoisotopic (exact) mass is 624 g/mol. The highest BCUT2D eigenvalue weighted by Gasteiger charge is 2.40. The Balaban J connectivity index is 1.93. The van der Waals surface area contributed by atoms with Crippen LogP contribution in [-0.4, -0.2) is 65.3 Å². The van der Waals surface area contributed by atoms with E-state index in [0.29, 0.717) is 8.95 Å². The van der Waals surface area contributed by atoms with Crippen molar-refractivity contribution in [2.24, 2.45) is 0 Å². The fraction of sp³-hybridized carbons (Fsp3) is 0.429. The lowest BCUT2D eigenvalue weighted by atomic mass is 10.2. The van der Waals surface area contributed by atoms with Gasteiger partial charge in [-0.1, -0.05) is 31.9 Å². The van der Waals surface area contributed by atoms with Crippen LogP contribution in [0.3, 0.4) is 0 Å². The molecule has 0 unspecified atom stereocenters. The highest BCUT2D eigenvalue weighted by Crippen LogP contribution is 2.36. The lowest BCUT2D eigenvalue weighted by Crippen LogP contribution is -2.55. The predicted octanol–water partition coefficient (Wildman–Crippen LogP) is 3.93. The minimum atomic E-state index is -3.93. The van der Waals surface area contributed by atoms with E-state index in [1.165, 1.54) is 35.0 Å². The van der Waals surface area contributed by atoms with Crippen molar-refractivity contribution in [3.8, 4) is 11.5 Å². The average molecular weight is 626 g/mol. The summed E-state index contributed by atoms with van der Waals surface area (Å²) in [5, 5.41) is 0. The van der Waals surface area contributed by atoms with Crippen molar-refractivity contribution in [2.75, 3.05) is 33.9 Å². The number of benzene rings is 2. The minimum absolute atomic E-state index is 0.00552. The fourth-order valence-electron chi connectivity index (χ4n) is 3.74. The van der Waals surface area contributed by atoms with Gasteiger partial charge in [-0.3, -0.25) is 0 Å². The first-order valence-corrected chi connectivity index (χ1v) is 14.5. The van der Waals surface area contributed by atoms with Crippen LogP contribution in [0.1, 0.15) is 18.1 Å². The first-order valence-electron chi connectivity index (χ1n) is 10.0. The molecule has 0 amide bonds. The largest absolute Gasteiger partial charge is 0.495 e. The van der Waals surface area contributed by atoms with Crippen LogP contribution in [0.15, 0.2) is 43.0 Å². The molecule has 0 bridgehead atoms. The second-order valence-corrected chi connectivity index (χ2v) is 13.3. The molecule has 1 aliphatic heterocycles. The molecule has 182 valence electrons. The van der Waals surface area contributed by atoms with Crippen LogP contribution in [0.2, 0.25) is 0 Å². The molecule has 0 radical (unpaired) electrons. The van der Waals surface area contributed by atoms with E-state index < -0.39 is 26.1 Å². The summed E-state index contributed by atoms with van der Waals surface area (Å²) < 4.78 is 68.3. The van der Waals surface area contributed by atoms with Crippen LogP contribution in [0.5, 0.6) is 11.5 Å². The van der Waals surface area contributed by atoms with E-state index in [1.54, 1.807) is 19.1 Å². The van der Waals surface area contributed by atoms with Crippen LogP contribution >= 0.6 is 31.9 Å². The SMILES string of the molecule is COc1cc(C)c(Br)cc1S(=O)(=O)N1CCN(S(=O)(=O)c2cc(Br)c(C)cc2OC)[C@H](C)C1. The van der Waals surface area contributed by atoms with E-state index in [2.05, 4.69) is 31.9 Å². The third-order valence-corrected chi connectivity index (χ3v) is 11.3. The molecule has 8 nitrogen and oxygen atoms in total. The molecule has 2 aromatic rings. The summed E-state index contributed by atoms with van der Waals surface area (Å²) in [6.45, 7) is 5.39. The number of aryl methyl sites for hydroxylation is 2. The maximum Gasteiger partial charge on any atom is 0.247 e. The lowest BCUT2D eigenvalue weighted by Gasteiger charge is -2.38. The highest BCUT2D eigenvalue weighted by atomic mass is 79.9. The molecule has 0 aromatic heterocycles. The maximum atomic E-state index is 13.5. The summed E-state index contributed by atoms with van der Waals surface area (Å²) in [6.07, 6.45) is 0. The summed E-state index contributed by atoms with van der Waals surface area (Å²) in [5.41, 5.74) is 1.68. The summed E-state index contributed by atoms with van der Waals surface area (Å²) >= 11 is 6.77. The molecule has 33 heavy (non-hydrogen) atoms. The molecule has 1 fully saturated rings. The average Bonchev–Trinajstić information content (AvgIpc) is 2.76. The molecular weight excluding hydrogens is 600 g/mol. The third kappa shape index (κ3) is 4.96. The zero-order valence-corrected chi connectivity index (χ0v) is 23.7. The molecule has 1 heterocycles. The van der Waals surface area contributed by atoms with Gasteiger partial charge < -0.3 is 9.47 Å². The van der Waals surface area contributed by atoms with Crippen LogP contribution in [-0.2, 0) is 20.0 Å². The first-order chi connectivity index (χ1) is 15.3. The molecule has 2 aromatic carbocycles. The van der Waals surface area contributed by atoms with Gasteiger partial charge in [0.15, 0.2) is 0 Å². The van der Waals surface area contributed by atoms with Crippen molar-refractivity contribution in [1.29, 1.82) is 0 Å². The number of piperazine rings is 1. The summed E-state index contributed by atoms with van der Waals surface area (Å²) in [7, 11) is -5.00. The standard InChI is InChI=1S/C21H26Br2N2O6S2/c1-13-8-18(30-4)20(10-16(13)22)32(26,27)24-6-7-25(15(3)12-24)33(28,29)21-11-17(23)14(2)9-19(21)31-5/h8-11,15H,6-7,12H2,1-5H3/t15-/m1/s1. The van der Waals surface area contributed by atoms with Crippen molar-refractivity contribution < 1.29 is 26.3 Å². The van der Waals surface area contributed by atoms with Gasteiger partial charge in [-0.2, -0.15) is 8.61 Å². The molecular formula is C21H26Br2N2O6S2. The number of nitrogens with zero attached hydrogens (tertiary/aromatic N) is 2. The van der Waals surface area contributed by atoms with Gasteiger partial charge in [-0.25, -0.2) is 16.8 Å². The van der Waals surface area contributed by atoms with E-state index >= 15 is 0 Å². The number of halogens is 2. The van der Waals surface area contributed by atoms with E-state index in [1.807, 2.05) is 13.8 Å². The second-order valence-electron chi connectivity index (χ2n) is 7.83. The molecule has 1 aliphatic rings. The summed E-state index contributed by atoms with van der Waals surface area (Å²) in [6, 6.07) is 5.76. The van der Waals surface area contributed by atoms with Crippen molar-refractivity contribution in [3.63, 3.8) is 0 Å². The number of sulfonamides is 2. The predicted molar refractivity (Wildman–Crippen MR) is 133 cm³/mol. The molecule has 3 rings (SSSR count). The zero-order chi connectivity index (χ0) is 24.7. The normalized spacial score (nSPS) is 18.3. The molecule has 0 N–H and O–H groups in total. The second kappa shape index (κ2) is 9.82. The van der Waals surface area contributed by atoms with E-state index in [4.69, 9.17) is 9.47 Å². The molecule has 0 spiro atoms. The van der Waals surface area contributed by atoms with E-state index in [0.717, 1.165) is 11.1 Å². The first kappa shape index (κ1) is 26.4. The van der Waals surface area contributed by atoms with Crippen LogP contribution in [0, 0.1) is 13.8 Å². The Morgan fingerprint density at radius 1 is 0.818 bits per heavy atom. The smallest absolute Gasteiger partial charge is 0.247 e. The van der Waals surface area contributed by atoms with Gasteiger partial charge in [0.2, 0.25) is 20.0 Å². The highest BCUT2D eigenvalue weighted by molar-refractivity contribution is 9.10. The number of ether oxygens (including phenoxy) is 2. The van der Waals surface area contributed by atoms with Crippen molar-refractivity contribution in [2.45, 2.75) is 36.6 Å².